The van der Waals surface area contributed by atoms with Gasteiger partial charge in [0.05, 0.1) is 0 Å². The normalized spacial score (nSPS) is 21.6. The molecule has 1 saturated carbocycles. The molecule has 24 heavy (non-hydrogen) atoms. The molecule has 1 aliphatic heterocycles. The Morgan fingerprint density at radius 2 is 2.08 bits per heavy atom. The zero-order valence-electron chi connectivity index (χ0n) is 14.6. The Morgan fingerprint density at radius 3 is 2.75 bits per heavy atom. The van der Waals surface area contributed by atoms with Gasteiger partial charge in [0.25, 0.3) is 5.91 Å². The van der Waals surface area contributed by atoms with Gasteiger partial charge in [-0.3, -0.25) is 9.59 Å². The van der Waals surface area contributed by atoms with Crippen LogP contribution in [0, 0.1) is 5.92 Å². The summed E-state index contributed by atoms with van der Waals surface area (Å²) in [6.07, 6.45) is 4.94. The van der Waals surface area contributed by atoms with Crippen LogP contribution in [-0.2, 0) is 20.7 Å². The number of hydrogen-bond donors (Lipinski definition) is 0. The maximum atomic E-state index is 12.7. The molecule has 3 rings (SSSR count). The smallest absolute Gasteiger partial charge is 0.303 e. The minimum absolute atomic E-state index is 0.147. The van der Waals surface area contributed by atoms with E-state index in [2.05, 4.69) is 10.1 Å². The summed E-state index contributed by atoms with van der Waals surface area (Å²) in [5.74, 6) is 1.67. The highest BCUT2D eigenvalue weighted by atomic mass is 16.6. The van der Waals surface area contributed by atoms with E-state index in [1.165, 1.54) is 6.92 Å². The van der Waals surface area contributed by atoms with E-state index < -0.39 is 11.6 Å². The summed E-state index contributed by atoms with van der Waals surface area (Å²) in [7, 11) is 0. The molecule has 0 spiro atoms. The highest BCUT2D eigenvalue weighted by molar-refractivity contribution is 5.86. The number of piperidine rings is 1. The maximum Gasteiger partial charge on any atom is 0.303 e. The van der Waals surface area contributed by atoms with Gasteiger partial charge in [0.15, 0.2) is 11.4 Å². The van der Waals surface area contributed by atoms with Crippen molar-refractivity contribution in [2.45, 2.75) is 64.4 Å². The molecule has 0 bridgehead atoms. The van der Waals surface area contributed by atoms with E-state index in [4.69, 9.17) is 9.26 Å². The Hall–Kier alpha value is -1.92. The van der Waals surface area contributed by atoms with Crippen LogP contribution in [0.25, 0.3) is 0 Å². The Labute approximate surface area is 141 Å². The van der Waals surface area contributed by atoms with E-state index in [-0.39, 0.29) is 5.91 Å². The molecule has 7 heteroatoms. The Morgan fingerprint density at radius 1 is 1.33 bits per heavy atom. The minimum Gasteiger partial charge on any atom is -0.450 e. The first-order chi connectivity index (χ1) is 11.3. The third-order valence-electron chi connectivity index (χ3n) is 4.61. The third kappa shape index (κ3) is 3.94. The van der Waals surface area contributed by atoms with Crippen molar-refractivity contribution in [1.29, 1.82) is 0 Å². The van der Waals surface area contributed by atoms with E-state index in [0.29, 0.717) is 37.2 Å². The number of esters is 1. The van der Waals surface area contributed by atoms with Crippen LogP contribution < -0.4 is 0 Å². The molecule has 0 N–H and O–H groups in total. The number of carbonyl (C=O) groups excluding carboxylic acids is 2. The van der Waals surface area contributed by atoms with Crippen LogP contribution in [0.5, 0.6) is 0 Å². The first-order valence-electron chi connectivity index (χ1n) is 8.66. The highest BCUT2D eigenvalue weighted by Crippen LogP contribution is 2.38. The standard InChI is InChI=1S/C17H25N3O4/c1-11(21)23-17(2,3)16(22)20-8-4-5-12(10-20)9-14-18-15(19-24-14)13-6-7-13/h12-13H,4-10H2,1-3H3/t12-/m1/s1. The molecule has 1 aliphatic carbocycles. The van der Waals surface area contributed by atoms with Crippen LogP contribution in [0.3, 0.4) is 0 Å². The molecule has 1 atom stereocenters. The quantitative estimate of drug-likeness (QED) is 0.766. The molecule has 0 radical (unpaired) electrons. The molecule has 1 amide bonds. The van der Waals surface area contributed by atoms with E-state index in [9.17, 15) is 9.59 Å². The van der Waals surface area contributed by atoms with Gasteiger partial charge in [-0.05, 0) is 45.4 Å². The van der Waals surface area contributed by atoms with Crippen LogP contribution in [0.4, 0.5) is 0 Å². The van der Waals surface area contributed by atoms with Gasteiger partial charge in [-0.2, -0.15) is 4.98 Å². The lowest BCUT2D eigenvalue weighted by Crippen LogP contribution is -2.51. The molecule has 1 aromatic rings. The second-order valence-corrected chi connectivity index (χ2v) is 7.39. The highest BCUT2D eigenvalue weighted by Gasteiger charge is 2.37. The average molecular weight is 335 g/mol. The average Bonchev–Trinajstić information content (AvgIpc) is 3.26. The van der Waals surface area contributed by atoms with E-state index in [1.807, 2.05) is 0 Å². The molecular formula is C17H25N3O4. The molecule has 7 nitrogen and oxygen atoms in total. The van der Waals surface area contributed by atoms with Crippen molar-refractivity contribution in [2.24, 2.45) is 5.92 Å². The van der Waals surface area contributed by atoms with E-state index in [0.717, 1.165) is 31.5 Å². The van der Waals surface area contributed by atoms with Crippen molar-refractivity contribution < 1.29 is 18.8 Å². The van der Waals surface area contributed by atoms with Crippen LogP contribution in [0.15, 0.2) is 4.52 Å². The van der Waals surface area contributed by atoms with Crippen LogP contribution in [-0.4, -0.2) is 45.6 Å². The fraction of sp³-hybridized carbons (Fsp3) is 0.765. The lowest BCUT2D eigenvalue weighted by Gasteiger charge is -2.36. The monoisotopic (exact) mass is 335 g/mol. The zero-order valence-corrected chi connectivity index (χ0v) is 14.6. The fourth-order valence-electron chi connectivity index (χ4n) is 3.31. The summed E-state index contributed by atoms with van der Waals surface area (Å²) in [5.41, 5.74) is -1.13. The number of carbonyl (C=O) groups is 2. The van der Waals surface area contributed by atoms with Crippen molar-refractivity contribution in [3.05, 3.63) is 11.7 Å². The predicted octanol–water partition coefficient (Wildman–Crippen LogP) is 2.07. The number of ether oxygens (including phenoxy) is 1. The summed E-state index contributed by atoms with van der Waals surface area (Å²) < 4.78 is 10.5. The Balaban J connectivity index is 1.58. The van der Waals surface area contributed by atoms with Gasteiger partial charge in [0.1, 0.15) is 0 Å². The molecule has 2 heterocycles. The van der Waals surface area contributed by atoms with Crippen molar-refractivity contribution in [2.75, 3.05) is 13.1 Å². The van der Waals surface area contributed by atoms with Gasteiger partial charge in [0.2, 0.25) is 5.89 Å². The predicted molar refractivity (Wildman–Crippen MR) is 85.1 cm³/mol. The van der Waals surface area contributed by atoms with Crippen molar-refractivity contribution >= 4 is 11.9 Å². The summed E-state index contributed by atoms with van der Waals surface area (Å²) in [5, 5.41) is 4.05. The lowest BCUT2D eigenvalue weighted by molar-refractivity contribution is -0.169. The second kappa shape index (κ2) is 6.53. The molecule has 0 unspecified atom stereocenters. The molecule has 132 valence electrons. The number of nitrogens with zero attached hydrogens (tertiary/aromatic N) is 3. The third-order valence-corrected chi connectivity index (χ3v) is 4.61. The van der Waals surface area contributed by atoms with Crippen LogP contribution in [0.2, 0.25) is 0 Å². The number of aromatic nitrogens is 2. The number of hydrogen-bond acceptors (Lipinski definition) is 6. The number of likely N-dealkylation sites (tertiary alicyclic amines) is 1. The first kappa shape index (κ1) is 16.9. The van der Waals surface area contributed by atoms with Gasteiger partial charge in [-0.15, -0.1) is 0 Å². The molecule has 2 fully saturated rings. The topological polar surface area (TPSA) is 85.5 Å². The molecule has 1 saturated heterocycles. The minimum atomic E-state index is -1.13. The van der Waals surface area contributed by atoms with Gasteiger partial charge in [0, 0.05) is 32.4 Å². The maximum absolute atomic E-state index is 12.7. The van der Waals surface area contributed by atoms with Crippen molar-refractivity contribution in [3.63, 3.8) is 0 Å². The summed E-state index contributed by atoms with van der Waals surface area (Å²) in [6, 6.07) is 0. The van der Waals surface area contributed by atoms with Crippen molar-refractivity contribution in [1.82, 2.24) is 15.0 Å². The number of rotatable bonds is 5. The molecule has 2 aliphatic rings. The number of amides is 1. The molecular weight excluding hydrogens is 310 g/mol. The largest absolute Gasteiger partial charge is 0.450 e. The van der Waals surface area contributed by atoms with Crippen LogP contribution >= 0.6 is 0 Å². The second-order valence-electron chi connectivity index (χ2n) is 7.39. The van der Waals surface area contributed by atoms with Gasteiger partial charge in [-0.25, -0.2) is 0 Å². The lowest BCUT2D eigenvalue weighted by atomic mass is 9.93. The van der Waals surface area contributed by atoms with Crippen molar-refractivity contribution in [3.8, 4) is 0 Å². The van der Waals surface area contributed by atoms with Gasteiger partial charge in [-0.1, -0.05) is 5.16 Å². The van der Waals surface area contributed by atoms with Gasteiger partial charge >= 0.3 is 5.97 Å². The molecule has 0 aromatic carbocycles. The van der Waals surface area contributed by atoms with E-state index >= 15 is 0 Å². The molecule has 1 aromatic heterocycles. The fourth-order valence-corrected chi connectivity index (χ4v) is 3.31. The zero-order chi connectivity index (χ0) is 17.3. The Kier molecular flexibility index (Phi) is 4.60. The van der Waals surface area contributed by atoms with E-state index in [1.54, 1.807) is 18.7 Å². The van der Waals surface area contributed by atoms with Crippen LogP contribution in [0.1, 0.15) is 64.1 Å². The summed E-state index contributed by atoms with van der Waals surface area (Å²) in [6.45, 7) is 5.92. The summed E-state index contributed by atoms with van der Waals surface area (Å²) in [4.78, 5) is 30.1. The van der Waals surface area contributed by atoms with Gasteiger partial charge < -0.3 is 14.2 Å². The summed E-state index contributed by atoms with van der Waals surface area (Å²) >= 11 is 0. The Bertz CT molecular complexity index is 621. The first-order valence-corrected chi connectivity index (χ1v) is 8.66. The SMILES string of the molecule is CC(=O)OC(C)(C)C(=O)N1CCC[C@H](Cc2nc(C3CC3)no2)C1.